The number of ether oxygens (including phenoxy) is 1. The first-order valence-corrected chi connectivity index (χ1v) is 7.88. The van der Waals surface area contributed by atoms with Crippen molar-refractivity contribution in [3.05, 3.63) is 46.2 Å². The van der Waals surface area contributed by atoms with Gasteiger partial charge in [0, 0.05) is 24.0 Å². The summed E-state index contributed by atoms with van der Waals surface area (Å²) < 4.78 is 6.98. The van der Waals surface area contributed by atoms with Crippen LogP contribution < -0.4 is 10.1 Å². The van der Waals surface area contributed by atoms with Gasteiger partial charge in [-0.1, -0.05) is 6.07 Å². The summed E-state index contributed by atoms with van der Waals surface area (Å²) in [5.74, 6) is 0.614. The van der Waals surface area contributed by atoms with E-state index in [1.165, 1.54) is 4.88 Å². The fourth-order valence-corrected chi connectivity index (χ4v) is 3.12. The maximum Gasteiger partial charge on any atom is 0.251 e. The van der Waals surface area contributed by atoms with Gasteiger partial charge in [0.2, 0.25) is 5.88 Å². The quantitative estimate of drug-likeness (QED) is 0.787. The van der Waals surface area contributed by atoms with Crippen LogP contribution in [0.5, 0.6) is 5.88 Å². The number of nitrogens with one attached hydrogen (secondary N) is 1. The summed E-state index contributed by atoms with van der Waals surface area (Å²) in [4.78, 5) is 13.5. The Hall–Kier alpha value is -2.34. The lowest BCUT2D eigenvalue weighted by Crippen LogP contribution is -2.25. The van der Waals surface area contributed by atoms with Crippen LogP contribution in [0.25, 0.3) is 10.9 Å². The number of carbonyl (C=O) groups excluding carboxylic acids is 1. The van der Waals surface area contributed by atoms with E-state index in [4.69, 9.17) is 4.74 Å². The van der Waals surface area contributed by atoms with Gasteiger partial charge in [0.25, 0.3) is 5.91 Å². The highest BCUT2D eigenvalue weighted by atomic mass is 32.1. The van der Waals surface area contributed by atoms with Crippen molar-refractivity contribution in [3.63, 3.8) is 0 Å². The molecule has 0 saturated heterocycles. The number of aryl methyl sites for hydroxylation is 1. The molecule has 0 saturated carbocycles. The third kappa shape index (κ3) is 2.82. The Morgan fingerprint density at radius 3 is 3.00 bits per heavy atom. The molecule has 0 radical (unpaired) electrons. The fraction of sp³-hybridized carbons (Fsp3) is 0.250. The van der Waals surface area contributed by atoms with Crippen LogP contribution in [0.15, 0.2) is 35.7 Å². The molecule has 22 heavy (non-hydrogen) atoms. The summed E-state index contributed by atoms with van der Waals surface area (Å²) in [7, 11) is 3.43. The van der Waals surface area contributed by atoms with E-state index in [1.807, 2.05) is 24.6 Å². The van der Waals surface area contributed by atoms with Crippen LogP contribution >= 0.6 is 11.3 Å². The van der Waals surface area contributed by atoms with Crippen molar-refractivity contribution in [1.82, 2.24) is 15.1 Å². The minimum Gasteiger partial charge on any atom is -0.481 e. The second-order valence-corrected chi connectivity index (χ2v) is 5.98. The molecule has 6 heteroatoms. The molecular formula is C16H17N3O2S. The molecule has 1 aromatic carbocycles. The van der Waals surface area contributed by atoms with Crippen LogP contribution in [0.3, 0.4) is 0 Å². The number of methoxy groups -OCH3 is 1. The lowest BCUT2D eigenvalue weighted by Gasteiger charge is -2.04. The molecule has 3 aromatic rings. The van der Waals surface area contributed by atoms with Crippen LogP contribution in [0.2, 0.25) is 0 Å². The van der Waals surface area contributed by atoms with E-state index < -0.39 is 0 Å². The monoisotopic (exact) mass is 315 g/mol. The van der Waals surface area contributed by atoms with E-state index in [-0.39, 0.29) is 5.91 Å². The van der Waals surface area contributed by atoms with Crippen molar-refractivity contribution in [2.45, 2.75) is 6.42 Å². The molecule has 0 fully saturated rings. The van der Waals surface area contributed by atoms with Gasteiger partial charge in [-0.05, 0) is 36.1 Å². The first-order chi connectivity index (χ1) is 10.7. The molecule has 3 rings (SSSR count). The van der Waals surface area contributed by atoms with Crippen LogP contribution in [0, 0.1) is 0 Å². The van der Waals surface area contributed by atoms with Crippen molar-refractivity contribution in [3.8, 4) is 5.88 Å². The third-order valence-electron chi connectivity index (χ3n) is 3.47. The summed E-state index contributed by atoms with van der Waals surface area (Å²) in [6, 6.07) is 9.55. The predicted molar refractivity (Wildman–Crippen MR) is 87.6 cm³/mol. The molecule has 1 N–H and O–H groups in total. The molecule has 0 atom stereocenters. The van der Waals surface area contributed by atoms with Crippen molar-refractivity contribution < 1.29 is 9.53 Å². The van der Waals surface area contributed by atoms with Crippen molar-refractivity contribution >= 4 is 28.1 Å². The van der Waals surface area contributed by atoms with Gasteiger partial charge in [-0.15, -0.1) is 11.3 Å². The Bertz CT molecular complexity index is 793. The number of hydrogen-bond donors (Lipinski definition) is 1. The molecule has 5 nitrogen and oxygen atoms in total. The summed E-state index contributed by atoms with van der Waals surface area (Å²) in [6.45, 7) is 0.628. The molecule has 2 heterocycles. The van der Waals surface area contributed by atoms with Gasteiger partial charge in [-0.25, -0.2) is 4.68 Å². The van der Waals surface area contributed by atoms with Gasteiger partial charge < -0.3 is 10.1 Å². The largest absolute Gasteiger partial charge is 0.481 e. The summed E-state index contributed by atoms with van der Waals surface area (Å²) in [5.41, 5.74) is 1.37. The molecule has 0 bridgehead atoms. The maximum absolute atomic E-state index is 12.2. The summed E-state index contributed by atoms with van der Waals surface area (Å²) in [6.07, 6.45) is 0.850. The number of benzene rings is 1. The summed E-state index contributed by atoms with van der Waals surface area (Å²) in [5, 5.41) is 10.2. The van der Waals surface area contributed by atoms with Crippen LogP contribution in [-0.4, -0.2) is 29.3 Å². The van der Waals surface area contributed by atoms with E-state index in [0.717, 1.165) is 17.3 Å². The Balaban J connectivity index is 1.71. The number of amides is 1. The number of carbonyl (C=O) groups is 1. The van der Waals surface area contributed by atoms with E-state index in [1.54, 1.807) is 35.3 Å². The van der Waals surface area contributed by atoms with Crippen molar-refractivity contribution in [2.24, 2.45) is 7.05 Å². The van der Waals surface area contributed by atoms with Crippen LogP contribution in [0.1, 0.15) is 15.2 Å². The maximum atomic E-state index is 12.2. The lowest BCUT2D eigenvalue weighted by molar-refractivity contribution is 0.0954. The van der Waals surface area contributed by atoms with Gasteiger partial charge in [0.1, 0.15) is 0 Å². The predicted octanol–water partition coefficient (Wildman–Crippen LogP) is 2.62. The van der Waals surface area contributed by atoms with E-state index in [9.17, 15) is 4.79 Å². The standard InChI is InChI=1S/C16H17N3O2S/c1-19-16(21-2)13-6-5-11(10-14(13)18-19)15(20)17-8-7-12-4-3-9-22-12/h3-6,9-10H,7-8H2,1-2H3,(H,17,20). The van der Waals surface area contributed by atoms with Crippen molar-refractivity contribution in [1.29, 1.82) is 0 Å². The molecule has 0 unspecified atom stereocenters. The molecule has 2 aromatic heterocycles. The fourth-order valence-electron chi connectivity index (χ4n) is 2.42. The molecule has 0 aliphatic heterocycles. The van der Waals surface area contributed by atoms with E-state index in [2.05, 4.69) is 16.5 Å². The molecule has 0 aliphatic carbocycles. The van der Waals surface area contributed by atoms with E-state index in [0.29, 0.717) is 18.0 Å². The first-order valence-electron chi connectivity index (χ1n) is 7.00. The zero-order valence-corrected chi connectivity index (χ0v) is 13.3. The molecule has 0 aliphatic rings. The number of hydrogen-bond acceptors (Lipinski definition) is 4. The smallest absolute Gasteiger partial charge is 0.251 e. The van der Waals surface area contributed by atoms with Gasteiger partial charge in [-0.3, -0.25) is 4.79 Å². The van der Waals surface area contributed by atoms with E-state index >= 15 is 0 Å². The van der Waals surface area contributed by atoms with Crippen LogP contribution in [0.4, 0.5) is 0 Å². The SMILES string of the molecule is COc1c2ccc(C(=O)NCCc3cccs3)cc2nn1C. The number of aromatic nitrogens is 2. The second-order valence-electron chi connectivity index (χ2n) is 4.95. The Labute approximate surface area is 132 Å². The highest BCUT2D eigenvalue weighted by molar-refractivity contribution is 7.09. The Morgan fingerprint density at radius 2 is 2.27 bits per heavy atom. The molecule has 1 amide bonds. The zero-order valence-electron chi connectivity index (χ0n) is 12.5. The number of fused-ring (bicyclic) bond motifs is 1. The van der Waals surface area contributed by atoms with Gasteiger partial charge >= 0.3 is 0 Å². The number of nitrogens with zero attached hydrogens (tertiary/aromatic N) is 2. The molecule has 0 spiro atoms. The second kappa shape index (κ2) is 6.19. The average Bonchev–Trinajstić information content (AvgIpc) is 3.12. The van der Waals surface area contributed by atoms with Crippen molar-refractivity contribution in [2.75, 3.05) is 13.7 Å². The Morgan fingerprint density at radius 1 is 1.41 bits per heavy atom. The van der Waals surface area contributed by atoms with Gasteiger partial charge in [0.05, 0.1) is 18.0 Å². The highest BCUT2D eigenvalue weighted by Gasteiger charge is 2.12. The summed E-state index contributed by atoms with van der Waals surface area (Å²) >= 11 is 1.70. The van der Waals surface area contributed by atoms with Crippen LogP contribution in [-0.2, 0) is 13.5 Å². The normalized spacial score (nSPS) is 10.8. The first kappa shape index (κ1) is 14.6. The number of thiophene rings is 1. The molecular weight excluding hydrogens is 298 g/mol. The minimum absolute atomic E-state index is 0.0805. The lowest BCUT2D eigenvalue weighted by atomic mass is 10.1. The van der Waals surface area contributed by atoms with Gasteiger partial charge in [0.15, 0.2) is 0 Å². The average molecular weight is 315 g/mol. The Kier molecular flexibility index (Phi) is 4.11. The minimum atomic E-state index is -0.0805. The number of rotatable bonds is 5. The topological polar surface area (TPSA) is 56.1 Å². The highest BCUT2D eigenvalue weighted by Crippen LogP contribution is 2.25. The van der Waals surface area contributed by atoms with Gasteiger partial charge in [-0.2, -0.15) is 5.10 Å². The third-order valence-corrected chi connectivity index (χ3v) is 4.41. The molecule has 114 valence electrons. The zero-order chi connectivity index (χ0) is 15.5.